The monoisotopic (exact) mass is 512 g/mol. The molecule has 1 N–H and O–H groups in total. The number of imide groups is 1. The largest absolute Gasteiger partial charge is 0.474 e. The molecule has 0 aliphatic carbocycles. The van der Waals surface area contributed by atoms with Crippen molar-refractivity contribution in [3.8, 4) is 17.5 Å². The van der Waals surface area contributed by atoms with E-state index in [2.05, 4.69) is 9.97 Å². The van der Waals surface area contributed by atoms with E-state index in [9.17, 15) is 19.2 Å². The van der Waals surface area contributed by atoms with Crippen molar-refractivity contribution in [3.05, 3.63) is 46.6 Å². The fraction of sp³-hybridized carbons (Fsp3) is 0.333. The molecule has 11 nitrogen and oxygen atoms in total. The van der Waals surface area contributed by atoms with Crippen LogP contribution in [-0.4, -0.2) is 73.6 Å². The Kier molecular flexibility index (Phi) is 7.53. The highest BCUT2D eigenvalue weighted by Gasteiger charge is 2.35. The van der Waals surface area contributed by atoms with Crippen molar-refractivity contribution in [3.63, 3.8) is 0 Å². The molecule has 2 saturated heterocycles. The van der Waals surface area contributed by atoms with Gasteiger partial charge in [-0.2, -0.15) is 0 Å². The zero-order valence-electron chi connectivity index (χ0n) is 19.7. The van der Waals surface area contributed by atoms with Crippen LogP contribution < -0.4 is 9.47 Å². The van der Waals surface area contributed by atoms with Crippen LogP contribution in [0.2, 0.25) is 0 Å². The summed E-state index contributed by atoms with van der Waals surface area (Å²) >= 11 is 0.784. The fourth-order valence-corrected chi connectivity index (χ4v) is 4.59. The average Bonchev–Trinajstić information content (AvgIpc) is 3.09. The first kappa shape index (κ1) is 25.2. The number of thioether (sulfide) groups is 1. The molecule has 2 fully saturated rings. The SMILES string of the molecule is CC(=O)CN1C(=O)S/C(=C\c2cccc(Oc3ncnc(OC4CCN(C(=O)O)CC4)c3C)c2)C1=O. The van der Waals surface area contributed by atoms with Gasteiger partial charge in [0, 0.05) is 25.9 Å². The number of carbonyl (C=O) groups excluding carboxylic acids is 3. The molecule has 1 aromatic carbocycles. The summed E-state index contributed by atoms with van der Waals surface area (Å²) in [6.45, 7) is 3.64. The van der Waals surface area contributed by atoms with Crippen molar-refractivity contribution in [2.24, 2.45) is 0 Å². The number of likely N-dealkylation sites (tertiary alicyclic amines) is 1. The minimum atomic E-state index is -0.934. The quantitative estimate of drug-likeness (QED) is 0.546. The standard InChI is InChI=1S/C24H24N4O7S/c1-14(29)12-28-22(30)19(36-24(28)33)11-16-4-3-5-18(10-16)35-21-15(2)20(25-13-26-21)34-17-6-8-27(9-7-17)23(31)32/h3-5,10-11,13,17H,6-9,12H2,1-2H3,(H,31,32)/b19-11-. The number of amides is 3. The Balaban J connectivity index is 1.45. The molecule has 3 heterocycles. The Morgan fingerprint density at radius 2 is 1.92 bits per heavy atom. The molecule has 0 saturated carbocycles. The Hall–Kier alpha value is -3.93. The molecule has 2 aliphatic heterocycles. The second-order valence-electron chi connectivity index (χ2n) is 8.34. The van der Waals surface area contributed by atoms with Gasteiger partial charge in [-0.15, -0.1) is 0 Å². The number of aromatic nitrogens is 2. The number of nitrogens with zero attached hydrogens (tertiary/aromatic N) is 4. The highest BCUT2D eigenvalue weighted by molar-refractivity contribution is 8.18. The van der Waals surface area contributed by atoms with Crippen LogP contribution in [0.15, 0.2) is 35.5 Å². The van der Waals surface area contributed by atoms with Crippen LogP contribution in [0.5, 0.6) is 17.5 Å². The lowest BCUT2D eigenvalue weighted by Crippen LogP contribution is -2.41. The first-order chi connectivity index (χ1) is 17.2. The molecule has 1 aromatic heterocycles. The number of hydrogen-bond acceptors (Lipinski definition) is 9. The zero-order valence-corrected chi connectivity index (χ0v) is 20.5. The number of ketones is 1. The summed E-state index contributed by atoms with van der Waals surface area (Å²) < 4.78 is 12.0. The van der Waals surface area contributed by atoms with Gasteiger partial charge in [-0.3, -0.25) is 19.3 Å². The molecule has 188 valence electrons. The molecule has 0 unspecified atom stereocenters. The minimum absolute atomic E-state index is 0.163. The zero-order chi connectivity index (χ0) is 25.8. The molecule has 12 heteroatoms. The summed E-state index contributed by atoms with van der Waals surface area (Å²) in [4.78, 5) is 57.9. The van der Waals surface area contributed by atoms with E-state index >= 15 is 0 Å². The van der Waals surface area contributed by atoms with E-state index in [0.717, 1.165) is 16.7 Å². The predicted molar refractivity (Wildman–Crippen MR) is 130 cm³/mol. The number of piperidine rings is 1. The first-order valence-electron chi connectivity index (χ1n) is 11.2. The molecular weight excluding hydrogens is 488 g/mol. The van der Waals surface area contributed by atoms with Crippen LogP contribution >= 0.6 is 11.8 Å². The fourth-order valence-electron chi connectivity index (χ4n) is 3.75. The number of ether oxygens (including phenoxy) is 2. The highest BCUT2D eigenvalue weighted by Crippen LogP contribution is 2.33. The van der Waals surface area contributed by atoms with Crippen molar-refractivity contribution in [2.45, 2.75) is 32.8 Å². The van der Waals surface area contributed by atoms with E-state index < -0.39 is 17.2 Å². The van der Waals surface area contributed by atoms with Crippen LogP contribution in [-0.2, 0) is 9.59 Å². The number of Topliss-reactive ketones (excluding diaryl/α,β-unsaturated/α-hetero) is 1. The Morgan fingerprint density at radius 3 is 2.61 bits per heavy atom. The van der Waals surface area contributed by atoms with E-state index in [4.69, 9.17) is 14.6 Å². The Bertz CT molecular complexity index is 1240. The third kappa shape index (κ3) is 5.82. The van der Waals surface area contributed by atoms with Crippen LogP contribution in [0.1, 0.15) is 30.9 Å². The maximum absolute atomic E-state index is 12.5. The number of benzene rings is 1. The number of hydrogen-bond donors (Lipinski definition) is 1. The van der Waals surface area contributed by atoms with Gasteiger partial charge < -0.3 is 19.5 Å². The lowest BCUT2D eigenvalue weighted by molar-refractivity contribution is -0.127. The summed E-state index contributed by atoms with van der Waals surface area (Å²) in [6, 6.07) is 6.92. The van der Waals surface area contributed by atoms with Crippen LogP contribution in [0.4, 0.5) is 9.59 Å². The van der Waals surface area contributed by atoms with E-state index in [1.54, 1.807) is 37.3 Å². The van der Waals surface area contributed by atoms with Crippen LogP contribution in [0.3, 0.4) is 0 Å². The third-order valence-electron chi connectivity index (χ3n) is 5.61. The summed E-state index contributed by atoms with van der Waals surface area (Å²) in [5, 5.41) is 8.62. The van der Waals surface area contributed by atoms with Gasteiger partial charge in [0.1, 0.15) is 24.0 Å². The van der Waals surface area contributed by atoms with E-state index in [1.807, 2.05) is 0 Å². The maximum atomic E-state index is 12.5. The average molecular weight is 513 g/mol. The second-order valence-corrected chi connectivity index (χ2v) is 9.33. The van der Waals surface area contributed by atoms with Gasteiger partial charge in [-0.25, -0.2) is 14.8 Å². The maximum Gasteiger partial charge on any atom is 0.407 e. The summed E-state index contributed by atoms with van der Waals surface area (Å²) in [5.41, 5.74) is 1.23. The molecule has 0 spiro atoms. The lowest BCUT2D eigenvalue weighted by Gasteiger charge is -2.30. The normalized spacial score (nSPS) is 17.6. The topological polar surface area (TPSA) is 139 Å². The summed E-state index contributed by atoms with van der Waals surface area (Å²) in [5.74, 6) is 0.331. The molecule has 0 atom stereocenters. The number of carbonyl (C=O) groups is 4. The van der Waals surface area contributed by atoms with Gasteiger partial charge in [-0.1, -0.05) is 12.1 Å². The van der Waals surface area contributed by atoms with Crippen molar-refractivity contribution in [2.75, 3.05) is 19.6 Å². The Labute approximate surface area is 211 Å². The van der Waals surface area contributed by atoms with E-state index in [1.165, 1.54) is 18.2 Å². The van der Waals surface area contributed by atoms with Crippen LogP contribution in [0.25, 0.3) is 6.08 Å². The summed E-state index contributed by atoms with van der Waals surface area (Å²) in [6.07, 6.45) is 2.93. The molecule has 36 heavy (non-hydrogen) atoms. The van der Waals surface area contributed by atoms with Gasteiger partial charge in [-0.05, 0) is 49.4 Å². The van der Waals surface area contributed by atoms with Gasteiger partial charge in [0.15, 0.2) is 0 Å². The molecule has 4 rings (SSSR count). The van der Waals surface area contributed by atoms with Gasteiger partial charge in [0.2, 0.25) is 11.8 Å². The molecule has 3 amide bonds. The van der Waals surface area contributed by atoms with Gasteiger partial charge in [0.25, 0.3) is 11.1 Å². The molecule has 2 aliphatic rings. The summed E-state index contributed by atoms with van der Waals surface area (Å²) in [7, 11) is 0. The third-order valence-corrected chi connectivity index (χ3v) is 6.51. The lowest BCUT2D eigenvalue weighted by atomic mass is 10.1. The van der Waals surface area contributed by atoms with Gasteiger partial charge in [0.05, 0.1) is 17.0 Å². The van der Waals surface area contributed by atoms with Crippen molar-refractivity contribution >= 4 is 40.9 Å². The molecular formula is C24H24N4O7S. The first-order valence-corrected chi connectivity index (χ1v) is 12.0. The van der Waals surface area contributed by atoms with Gasteiger partial charge >= 0.3 is 6.09 Å². The van der Waals surface area contributed by atoms with E-state index in [0.29, 0.717) is 54.6 Å². The molecule has 0 bridgehead atoms. The van der Waals surface area contributed by atoms with Crippen molar-refractivity contribution in [1.82, 2.24) is 19.8 Å². The number of rotatable bonds is 7. The van der Waals surface area contributed by atoms with Crippen LogP contribution in [0, 0.1) is 6.92 Å². The second kappa shape index (κ2) is 10.8. The predicted octanol–water partition coefficient (Wildman–Crippen LogP) is 3.72. The smallest absolute Gasteiger partial charge is 0.407 e. The highest BCUT2D eigenvalue weighted by atomic mass is 32.2. The minimum Gasteiger partial charge on any atom is -0.474 e. The van der Waals surface area contributed by atoms with Crippen molar-refractivity contribution < 1.29 is 33.8 Å². The molecule has 2 aromatic rings. The van der Waals surface area contributed by atoms with E-state index in [-0.39, 0.29) is 23.3 Å². The molecule has 0 radical (unpaired) electrons. The van der Waals surface area contributed by atoms with Crippen molar-refractivity contribution in [1.29, 1.82) is 0 Å². The Morgan fingerprint density at radius 1 is 1.19 bits per heavy atom. The number of carboxylic acid groups (broad SMARTS) is 1.